The van der Waals surface area contributed by atoms with Crippen molar-refractivity contribution in [3.05, 3.63) is 21.9 Å². The molecular formula is C16H24N2O3S. The number of carbonyl (C=O) groups is 2. The Balaban J connectivity index is 1.81. The fraction of sp³-hybridized carbons (Fsp3) is 0.625. The summed E-state index contributed by atoms with van der Waals surface area (Å²) in [5, 5.41) is 4.99. The summed E-state index contributed by atoms with van der Waals surface area (Å²) < 4.78 is 5.34. The number of carbonyl (C=O) groups excluding carboxylic acids is 2. The van der Waals surface area contributed by atoms with E-state index in [0.717, 1.165) is 0 Å². The van der Waals surface area contributed by atoms with Crippen LogP contribution in [-0.4, -0.2) is 35.6 Å². The Morgan fingerprint density at radius 1 is 1.45 bits per heavy atom. The van der Waals surface area contributed by atoms with Gasteiger partial charge in [-0.3, -0.25) is 4.79 Å². The SMILES string of the molecule is Cc1ccsc1CNC(=O)[C@H]1CCN(C(=O)OC(C)(C)C)C1. The molecule has 22 heavy (non-hydrogen) atoms. The zero-order valence-electron chi connectivity index (χ0n) is 13.6. The monoisotopic (exact) mass is 324 g/mol. The van der Waals surface area contributed by atoms with Gasteiger partial charge in [0.05, 0.1) is 12.5 Å². The lowest BCUT2D eigenvalue weighted by Crippen LogP contribution is -2.37. The van der Waals surface area contributed by atoms with Gasteiger partial charge in [-0.25, -0.2) is 4.79 Å². The average molecular weight is 324 g/mol. The molecule has 1 aliphatic rings. The quantitative estimate of drug-likeness (QED) is 0.930. The molecule has 0 aromatic carbocycles. The van der Waals surface area contributed by atoms with E-state index < -0.39 is 5.60 Å². The summed E-state index contributed by atoms with van der Waals surface area (Å²) in [5.74, 6) is -0.133. The topological polar surface area (TPSA) is 58.6 Å². The zero-order chi connectivity index (χ0) is 16.3. The zero-order valence-corrected chi connectivity index (χ0v) is 14.5. The molecule has 1 N–H and O–H groups in total. The third kappa shape index (κ3) is 4.47. The van der Waals surface area contributed by atoms with Crippen molar-refractivity contribution in [2.75, 3.05) is 13.1 Å². The highest BCUT2D eigenvalue weighted by molar-refractivity contribution is 7.10. The van der Waals surface area contributed by atoms with Gasteiger partial charge in [-0.05, 0) is 51.1 Å². The minimum absolute atomic E-state index is 0.0128. The summed E-state index contributed by atoms with van der Waals surface area (Å²) in [6.07, 6.45) is 0.353. The Labute approximate surface area is 135 Å². The van der Waals surface area contributed by atoms with Crippen LogP contribution in [0.4, 0.5) is 4.79 Å². The first-order valence-electron chi connectivity index (χ1n) is 7.55. The first kappa shape index (κ1) is 16.8. The van der Waals surface area contributed by atoms with E-state index in [4.69, 9.17) is 4.74 Å². The van der Waals surface area contributed by atoms with Gasteiger partial charge >= 0.3 is 6.09 Å². The second-order valence-corrected chi connectivity index (χ2v) is 7.66. The fourth-order valence-corrected chi connectivity index (χ4v) is 3.21. The van der Waals surface area contributed by atoms with Gasteiger partial charge in [0, 0.05) is 18.0 Å². The molecule has 0 radical (unpaired) electrons. The van der Waals surface area contributed by atoms with Crippen molar-refractivity contribution in [1.82, 2.24) is 10.2 Å². The number of hydrogen-bond acceptors (Lipinski definition) is 4. The van der Waals surface area contributed by atoms with Crippen molar-refractivity contribution in [2.24, 2.45) is 5.92 Å². The molecule has 2 amide bonds. The summed E-state index contributed by atoms with van der Waals surface area (Å²) in [6.45, 7) is 9.13. The standard InChI is InChI=1S/C16H24N2O3S/c1-11-6-8-22-13(11)9-17-14(19)12-5-7-18(10-12)15(20)21-16(2,3)4/h6,8,12H,5,7,9-10H2,1-4H3,(H,17,19)/t12-/m0/s1. The lowest BCUT2D eigenvalue weighted by atomic mass is 10.1. The van der Waals surface area contributed by atoms with Crippen molar-refractivity contribution < 1.29 is 14.3 Å². The summed E-state index contributed by atoms with van der Waals surface area (Å²) in [4.78, 5) is 27.0. The Kier molecular flexibility index (Phi) is 5.11. The lowest BCUT2D eigenvalue weighted by Gasteiger charge is -2.24. The number of amides is 2. The highest BCUT2D eigenvalue weighted by atomic mass is 32.1. The number of rotatable bonds is 3. The number of aryl methyl sites for hydroxylation is 1. The van der Waals surface area contributed by atoms with Crippen molar-refractivity contribution in [3.8, 4) is 0 Å². The molecule has 1 aromatic rings. The molecular weight excluding hydrogens is 300 g/mol. The van der Waals surface area contributed by atoms with Crippen LogP contribution >= 0.6 is 11.3 Å². The predicted octanol–water partition coefficient (Wildman–Crippen LogP) is 2.93. The molecule has 0 saturated carbocycles. The molecule has 0 unspecified atom stereocenters. The second-order valence-electron chi connectivity index (χ2n) is 6.66. The maximum Gasteiger partial charge on any atom is 0.410 e. The van der Waals surface area contributed by atoms with Gasteiger partial charge in [-0.1, -0.05) is 0 Å². The number of nitrogens with one attached hydrogen (secondary N) is 1. The van der Waals surface area contributed by atoms with E-state index in [0.29, 0.717) is 26.1 Å². The first-order valence-corrected chi connectivity index (χ1v) is 8.43. The van der Waals surface area contributed by atoms with Crippen LogP contribution in [0.1, 0.15) is 37.6 Å². The van der Waals surface area contributed by atoms with Gasteiger partial charge in [0.2, 0.25) is 5.91 Å². The lowest BCUT2D eigenvalue weighted by molar-refractivity contribution is -0.124. The number of ether oxygens (including phenoxy) is 1. The van der Waals surface area contributed by atoms with Gasteiger partial charge in [-0.2, -0.15) is 0 Å². The Morgan fingerprint density at radius 3 is 2.77 bits per heavy atom. The fourth-order valence-electron chi connectivity index (χ4n) is 2.36. The summed E-state index contributed by atoms with van der Waals surface area (Å²) in [5.41, 5.74) is 0.695. The molecule has 2 rings (SSSR count). The maximum atomic E-state index is 12.2. The van der Waals surface area contributed by atoms with Crippen LogP contribution < -0.4 is 5.32 Å². The third-order valence-electron chi connectivity index (χ3n) is 3.60. The number of likely N-dealkylation sites (tertiary alicyclic amines) is 1. The van der Waals surface area contributed by atoms with E-state index in [1.807, 2.05) is 39.1 Å². The molecule has 0 spiro atoms. The third-order valence-corrected chi connectivity index (χ3v) is 4.63. The molecule has 5 nitrogen and oxygen atoms in total. The molecule has 2 heterocycles. The minimum Gasteiger partial charge on any atom is -0.444 e. The minimum atomic E-state index is -0.506. The van der Waals surface area contributed by atoms with Gasteiger partial charge < -0.3 is 15.0 Å². The van der Waals surface area contributed by atoms with Crippen LogP contribution in [0.5, 0.6) is 0 Å². The molecule has 1 atom stereocenters. The van der Waals surface area contributed by atoms with Crippen molar-refractivity contribution >= 4 is 23.3 Å². The Morgan fingerprint density at radius 2 is 2.18 bits per heavy atom. The Hall–Kier alpha value is -1.56. The van der Waals surface area contributed by atoms with Crippen LogP contribution in [0.25, 0.3) is 0 Å². The molecule has 0 aliphatic carbocycles. The summed E-state index contributed by atoms with van der Waals surface area (Å²) >= 11 is 1.65. The molecule has 0 bridgehead atoms. The smallest absolute Gasteiger partial charge is 0.410 e. The van der Waals surface area contributed by atoms with Gasteiger partial charge in [0.1, 0.15) is 5.60 Å². The van der Waals surface area contributed by atoms with E-state index in [2.05, 4.69) is 5.32 Å². The molecule has 1 fully saturated rings. The van der Waals surface area contributed by atoms with Crippen LogP contribution in [0.2, 0.25) is 0 Å². The predicted molar refractivity (Wildman–Crippen MR) is 86.8 cm³/mol. The maximum absolute atomic E-state index is 12.2. The summed E-state index contributed by atoms with van der Waals surface area (Å²) in [7, 11) is 0. The Bertz CT molecular complexity index is 548. The molecule has 122 valence electrons. The van der Waals surface area contributed by atoms with E-state index in [-0.39, 0.29) is 17.9 Å². The first-order chi connectivity index (χ1) is 10.3. The van der Waals surface area contributed by atoms with Gasteiger partial charge in [-0.15, -0.1) is 11.3 Å². The van der Waals surface area contributed by atoms with Crippen LogP contribution in [0, 0.1) is 12.8 Å². The molecule has 1 aliphatic heterocycles. The largest absolute Gasteiger partial charge is 0.444 e. The van der Waals surface area contributed by atoms with E-state index in [1.54, 1.807) is 16.2 Å². The van der Waals surface area contributed by atoms with Crippen molar-refractivity contribution in [1.29, 1.82) is 0 Å². The van der Waals surface area contributed by atoms with Gasteiger partial charge in [0.15, 0.2) is 0 Å². The van der Waals surface area contributed by atoms with Crippen molar-refractivity contribution in [2.45, 2.75) is 46.3 Å². The van der Waals surface area contributed by atoms with Crippen LogP contribution in [0.15, 0.2) is 11.4 Å². The molecule has 6 heteroatoms. The normalized spacial score (nSPS) is 18.4. The van der Waals surface area contributed by atoms with Crippen LogP contribution in [-0.2, 0) is 16.1 Å². The van der Waals surface area contributed by atoms with Crippen molar-refractivity contribution in [3.63, 3.8) is 0 Å². The summed E-state index contributed by atoms with van der Waals surface area (Å²) in [6, 6.07) is 2.05. The van der Waals surface area contributed by atoms with E-state index >= 15 is 0 Å². The highest BCUT2D eigenvalue weighted by Gasteiger charge is 2.33. The van der Waals surface area contributed by atoms with E-state index in [9.17, 15) is 9.59 Å². The number of nitrogens with zero attached hydrogens (tertiary/aromatic N) is 1. The second kappa shape index (κ2) is 6.69. The highest BCUT2D eigenvalue weighted by Crippen LogP contribution is 2.20. The van der Waals surface area contributed by atoms with Crippen LogP contribution in [0.3, 0.4) is 0 Å². The van der Waals surface area contributed by atoms with E-state index in [1.165, 1.54) is 10.4 Å². The number of hydrogen-bond donors (Lipinski definition) is 1. The average Bonchev–Trinajstić information content (AvgIpc) is 3.03. The van der Waals surface area contributed by atoms with Gasteiger partial charge in [0.25, 0.3) is 0 Å². The molecule has 1 aromatic heterocycles. The number of thiophene rings is 1. The molecule has 1 saturated heterocycles.